The van der Waals surface area contributed by atoms with Gasteiger partial charge in [-0.2, -0.15) is 0 Å². The molecule has 4 heteroatoms. The smallest absolute Gasteiger partial charge is 0.261 e. The van der Waals surface area contributed by atoms with Crippen molar-refractivity contribution in [2.45, 2.75) is 13.3 Å². The summed E-state index contributed by atoms with van der Waals surface area (Å²) in [6.07, 6.45) is 0.503. The number of nitrogens with one attached hydrogen (secondary N) is 1. The lowest BCUT2D eigenvalue weighted by Gasteiger charge is -2.04. The number of aryl methyl sites for hydroxylation is 1. The molecule has 2 aromatic rings. The van der Waals surface area contributed by atoms with Crippen LogP contribution in [0.25, 0.3) is 0 Å². The van der Waals surface area contributed by atoms with Gasteiger partial charge in [-0.15, -0.1) is 11.3 Å². The van der Waals surface area contributed by atoms with Crippen molar-refractivity contribution in [3.05, 3.63) is 57.5 Å². The second-order valence-corrected chi connectivity index (χ2v) is 5.30. The zero-order valence-corrected chi connectivity index (χ0v) is 10.9. The van der Waals surface area contributed by atoms with Gasteiger partial charge in [-0.1, -0.05) is 18.2 Å². The molecule has 1 heterocycles. The first kappa shape index (κ1) is 12.8. The zero-order valence-electron chi connectivity index (χ0n) is 10.1. The number of rotatable bonds is 4. The number of benzene rings is 1. The zero-order chi connectivity index (χ0) is 13.0. The van der Waals surface area contributed by atoms with E-state index in [2.05, 4.69) is 5.32 Å². The van der Waals surface area contributed by atoms with Gasteiger partial charge in [-0.25, -0.2) is 4.39 Å². The van der Waals surface area contributed by atoms with E-state index in [-0.39, 0.29) is 11.7 Å². The van der Waals surface area contributed by atoms with Crippen LogP contribution in [0, 0.1) is 12.7 Å². The van der Waals surface area contributed by atoms with Crippen molar-refractivity contribution >= 4 is 17.2 Å². The van der Waals surface area contributed by atoms with Crippen LogP contribution in [0.4, 0.5) is 4.39 Å². The summed E-state index contributed by atoms with van der Waals surface area (Å²) in [7, 11) is 0. The lowest BCUT2D eigenvalue weighted by molar-refractivity contribution is 0.0958. The quantitative estimate of drug-likeness (QED) is 0.902. The topological polar surface area (TPSA) is 29.1 Å². The maximum Gasteiger partial charge on any atom is 0.261 e. The molecule has 0 unspecified atom stereocenters. The van der Waals surface area contributed by atoms with Crippen molar-refractivity contribution in [3.8, 4) is 0 Å². The largest absolute Gasteiger partial charge is 0.351 e. The third-order valence-electron chi connectivity index (χ3n) is 2.60. The average molecular weight is 263 g/mol. The molecule has 94 valence electrons. The molecule has 2 nitrogen and oxygen atoms in total. The van der Waals surface area contributed by atoms with E-state index in [0.717, 1.165) is 4.88 Å². The Morgan fingerprint density at radius 2 is 2.06 bits per heavy atom. The van der Waals surface area contributed by atoms with Gasteiger partial charge >= 0.3 is 0 Å². The SMILES string of the molecule is Cc1ccc(C(=O)NCCc2ccccc2F)s1. The molecule has 1 amide bonds. The maximum atomic E-state index is 13.3. The second-order valence-electron chi connectivity index (χ2n) is 4.01. The van der Waals surface area contributed by atoms with Crippen LogP contribution in [0.15, 0.2) is 36.4 Å². The first-order chi connectivity index (χ1) is 8.66. The van der Waals surface area contributed by atoms with Gasteiger partial charge in [-0.05, 0) is 37.1 Å². The van der Waals surface area contributed by atoms with Gasteiger partial charge in [0.25, 0.3) is 5.91 Å². The Labute approximate surface area is 109 Å². The highest BCUT2D eigenvalue weighted by molar-refractivity contribution is 7.13. The Bertz CT molecular complexity index is 550. The first-order valence-electron chi connectivity index (χ1n) is 5.75. The lowest BCUT2D eigenvalue weighted by Crippen LogP contribution is -2.25. The van der Waals surface area contributed by atoms with Crippen molar-refractivity contribution in [3.63, 3.8) is 0 Å². The number of carbonyl (C=O) groups excluding carboxylic acids is 1. The minimum atomic E-state index is -0.223. The summed E-state index contributed by atoms with van der Waals surface area (Å²) in [5.74, 6) is -0.317. The molecule has 0 aliphatic carbocycles. The van der Waals surface area contributed by atoms with Gasteiger partial charge in [0.15, 0.2) is 0 Å². The number of carbonyl (C=O) groups is 1. The second kappa shape index (κ2) is 5.78. The molecule has 2 rings (SSSR count). The number of amides is 1. The van der Waals surface area contributed by atoms with Gasteiger partial charge in [0, 0.05) is 11.4 Å². The highest BCUT2D eigenvalue weighted by Crippen LogP contribution is 2.14. The summed E-state index contributed by atoms with van der Waals surface area (Å²) in [6.45, 7) is 2.40. The molecule has 0 fully saturated rings. The van der Waals surface area contributed by atoms with E-state index < -0.39 is 0 Å². The molecular formula is C14H14FNOS. The Morgan fingerprint density at radius 3 is 2.72 bits per heavy atom. The van der Waals surface area contributed by atoms with E-state index in [0.29, 0.717) is 23.4 Å². The molecule has 0 aliphatic heterocycles. The van der Waals surface area contributed by atoms with Crippen molar-refractivity contribution in [1.82, 2.24) is 5.32 Å². The Kier molecular flexibility index (Phi) is 4.10. The van der Waals surface area contributed by atoms with Gasteiger partial charge in [-0.3, -0.25) is 4.79 Å². The van der Waals surface area contributed by atoms with E-state index in [1.54, 1.807) is 24.3 Å². The van der Waals surface area contributed by atoms with Crippen molar-refractivity contribution in [1.29, 1.82) is 0 Å². The summed E-state index contributed by atoms with van der Waals surface area (Å²) >= 11 is 1.46. The summed E-state index contributed by atoms with van der Waals surface area (Å²) in [5, 5.41) is 2.79. The summed E-state index contributed by atoms with van der Waals surface area (Å²) in [6, 6.07) is 10.3. The van der Waals surface area contributed by atoms with Gasteiger partial charge in [0.05, 0.1) is 4.88 Å². The number of halogens is 1. The molecule has 0 spiro atoms. The third-order valence-corrected chi connectivity index (χ3v) is 3.60. The number of hydrogen-bond acceptors (Lipinski definition) is 2. The van der Waals surface area contributed by atoms with Gasteiger partial charge < -0.3 is 5.32 Å². The van der Waals surface area contributed by atoms with Crippen LogP contribution in [0.1, 0.15) is 20.1 Å². The predicted octanol–water partition coefficient (Wildman–Crippen LogP) is 3.17. The Hall–Kier alpha value is -1.68. The normalized spacial score (nSPS) is 10.3. The highest BCUT2D eigenvalue weighted by atomic mass is 32.1. The van der Waals surface area contributed by atoms with Gasteiger partial charge in [0.2, 0.25) is 0 Å². The fourth-order valence-electron chi connectivity index (χ4n) is 1.66. The highest BCUT2D eigenvalue weighted by Gasteiger charge is 2.07. The molecule has 1 aromatic carbocycles. The molecule has 0 atom stereocenters. The van der Waals surface area contributed by atoms with Crippen LogP contribution in [0.2, 0.25) is 0 Å². The van der Waals surface area contributed by atoms with E-state index in [4.69, 9.17) is 0 Å². The van der Waals surface area contributed by atoms with E-state index >= 15 is 0 Å². The summed E-state index contributed by atoms with van der Waals surface area (Å²) < 4.78 is 13.3. The van der Waals surface area contributed by atoms with Crippen molar-refractivity contribution < 1.29 is 9.18 Å². The van der Waals surface area contributed by atoms with E-state index in [9.17, 15) is 9.18 Å². The summed E-state index contributed by atoms with van der Waals surface area (Å²) in [5.41, 5.74) is 0.625. The van der Waals surface area contributed by atoms with Crippen LogP contribution in [0.3, 0.4) is 0 Å². The van der Waals surface area contributed by atoms with Gasteiger partial charge in [0.1, 0.15) is 5.82 Å². The lowest BCUT2D eigenvalue weighted by atomic mass is 10.1. The fraction of sp³-hybridized carbons (Fsp3) is 0.214. The molecule has 0 bridgehead atoms. The molecule has 0 saturated heterocycles. The Morgan fingerprint density at radius 1 is 1.28 bits per heavy atom. The molecule has 0 aliphatic rings. The van der Waals surface area contributed by atoms with Crippen LogP contribution >= 0.6 is 11.3 Å². The average Bonchev–Trinajstić information content (AvgIpc) is 2.78. The molecule has 1 N–H and O–H groups in total. The van der Waals surface area contributed by atoms with Crippen molar-refractivity contribution in [2.24, 2.45) is 0 Å². The van der Waals surface area contributed by atoms with Crippen molar-refractivity contribution in [2.75, 3.05) is 6.54 Å². The van der Waals surface area contributed by atoms with Crippen LogP contribution < -0.4 is 5.32 Å². The summed E-state index contributed by atoms with van der Waals surface area (Å²) in [4.78, 5) is 13.5. The molecule has 0 radical (unpaired) electrons. The van der Waals surface area contributed by atoms with E-state index in [1.807, 2.05) is 13.0 Å². The van der Waals surface area contributed by atoms with Crippen LogP contribution in [-0.2, 0) is 6.42 Å². The maximum absolute atomic E-state index is 13.3. The monoisotopic (exact) mass is 263 g/mol. The van der Waals surface area contributed by atoms with E-state index in [1.165, 1.54) is 17.4 Å². The minimum Gasteiger partial charge on any atom is -0.351 e. The van der Waals surface area contributed by atoms with Crippen LogP contribution in [-0.4, -0.2) is 12.5 Å². The minimum absolute atomic E-state index is 0.0931. The van der Waals surface area contributed by atoms with Crippen LogP contribution in [0.5, 0.6) is 0 Å². The predicted molar refractivity (Wildman–Crippen MR) is 71.5 cm³/mol. The number of hydrogen-bond donors (Lipinski definition) is 1. The Balaban J connectivity index is 1.86. The molecule has 0 saturated carbocycles. The standard InChI is InChI=1S/C14H14FNOS/c1-10-6-7-13(18-10)14(17)16-9-8-11-4-2-3-5-12(11)15/h2-7H,8-9H2,1H3,(H,16,17). The third kappa shape index (κ3) is 3.17. The molecular weight excluding hydrogens is 249 g/mol. The first-order valence-corrected chi connectivity index (χ1v) is 6.56. The number of thiophene rings is 1. The molecule has 1 aromatic heterocycles. The fourth-order valence-corrected chi connectivity index (χ4v) is 2.44. The molecule has 18 heavy (non-hydrogen) atoms.